The van der Waals surface area contributed by atoms with Crippen molar-refractivity contribution in [1.29, 1.82) is 0 Å². The third kappa shape index (κ3) is 8.26. The first-order chi connectivity index (χ1) is 12.7. The zero-order valence-electron chi connectivity index (χ0n) is 17.8. The molecule has 1 rings (SSSR count). The largest absolute Gasteiger partial charge is 0.345 e. The van der Waals surface area contributed by atoms with Crippen molar-refractivity contribution in [2.75, 3.05) is 6.54 Å². The second-order valence-electron chi connectivity index (χ2n) is 7.96. The minimum absolute atomic E-state index is 0.338. The summed E-state index contributed by atoms with van der Waals surface area (Å²) in [6.07, 6.45) is 26.1. The van der Waals surface area contributed by atoms with E-state index in [0.29, 0.717) is 10.6 Å². The number of allylic oxidation sites excluding steroid dienone is 2. The third-order valence-electron chi connectivity index (χ3n) is 5.95. The van der Waals surface area contributed by atoms with E-state index in [1.807, 2.05) is 13.1 Å². The van der Waals surface area contributed by atoms with Crippen molar-refractivity contribution in [2.45, 2.75) is 117 Å². The molecule has 3 atom stereocenters. The van der Waals surface area contributed by atoms with E-state index in [1.54, 1.807) is 0 Å². The van der Waals surface area contributed by atoms with Crippen LogP contribution in [0.1, 0.15) is 104 Å². The zero-order chi connectivity index (χ0) is 19.1. The summed E-state index contributed by atoms with van der Waals surface area (Å²) < 4.78 is 0.670. The number of nitrogens with one attached hydrogen (secondary N) is 1. The Morgan fingerprint density at radius 2 is 1.50 bits per heavy atom. The number of aliphatic hydroxyl groups excluding tert-OH is 1. The summed E-state index contributed by atoms with van der Waals surface area (Å²) in [7, 11) is 0. The van der Waals surface area contributed by atoms with Gasteiger partial charge in [0.2, 0.25) is 0 Å². The predicted molar refractivity (Wildman–Crippen MR) is 113 cm³/mol. The highest BCUT2D eigenvalue weighted by Crippen LogP contribution is 2.25. The molecule has 0 aromatic heterocycles. The van der Waals surface area contributed by atoms with Crippen molar-refractivity contribution in [1.82, 2.24) is 5.32 Å². The van der Waals surface area contributed by atoms with Crippen LogP contribution in [-0.4, -0.2) is 28.5 Å². The first-order valence-corrected chi connectivity index (χ1v) is 11.3. The van der Waals surface area contributed by atoms with E-state index in [1.165, 1.54) is 77.0 Å². The van der Waals surface area contributed by atoms with Crippen LogP contribution >= 0.6 is 0 Å². The van der Waals surface area contributed by atoms with Gasteiger partial charge in [0.15, 0.2) is 12.4 Å². The average Bonchev–Trinajstić information content (AvgIpc) is 3.06. The first-order valence-electron chi connectivity index (χ1n) is 11.3. The Morgan fingerprint density at radius 1 is 0.923 bits per heavy atom. The Morgan fingerprint density at radius 3 is 2.08 bits per heavy atom. The minimum atomic E-state index is -0.338. The van der Waals surface area contributed by atoms with Gasteiger partial charge in [0.25, 0.3) is 0 Å². The lowest BCUT2D eigenvalue weighted by atomic mass is 10.1. The summed E-state index contributed by atoms with van der Waals surface area (Å²) in [6, 6.07) is 0. The molecule has 0 saturated heterocycles. The van der Waals surface area contributed by atoms with Gasteiger partial charge in [0.1, 0.15) is 6.20 Å². The molecule has 0 aromatic rings. The normalized spacial score (nSPS) is 23.6. The molecule has 2 N–H and O–H groups in total. The number of hydrogen-bond acceptors (Lipinski definition) is 2. The average molecular weight is 366 g/mol. The summed E-state index contributed by atoms with van der Waals surface area (Å²) >= 11 is 0. The van der Waals surface area contributed by atoms with Crippen molar-refractivity contribution >= 4 is 0 Å². The lowest BCUT2D eigenvalue weighted by Crippen LogP contribution is -2.57. The maximum atomic E-state index is 10.2. The van der Waals surface area contributed by atoms with E-state index < -0.39 is 0 Å². The molecule has 0 saturated carbocycles. The fourth-order valence-corrected chi connectivity index (χ4v) is 4.07. The van der Waals surface area contributed by atoms with Crippen LogP contribution in [0.15, 0.2) is 24.6 Å². The Kier molecular flexibility index (Phi) is 12.8. The van der Waals surface area contributed by atoms with Crippen LogP contribution in [0.4, 0.5) is 0 Å². The second kappa shape index (κ2) is 14.3. The molecule has 1 heterocycles. The topological polar surface area (TPSA) is 32.3 Å². The van der Waals surface area contributed by atoms with Crippen molar-refractivity contribution in [3.05, 3.63) is 24.6 Å². The zero-order valence-corrected chi connectivity index (χ0v) is 17.8. The van der Waals surface area contributed by atoms with Crippen LogP contribution in [0.3, 0.4) is 0 Å². The van der Waals surface area contributed by atoms with Crippen molar-refractivity contribution in [3.8, 4) is 0 Å². The Bertz CT molecular complexity index is 392. The quantitative estimate of drug-likeness (QED) is 0.194. The molecule has 26 heavy (non-hydrogen) atoms. The van der Waals surface area contributed by atoms with Crippen LogP contribution in [0.25, 0.3) is 0 Å². The van der Waals surface area contributed by atoms with Gasteiger partial charge >= 0.3 is 0 Å². The molecule has 3 unspecified atom stereocenters. The Balaban J connectivity index is 1.97. The number of hydrogen-bond donors (Lipinski definition) is 2. The Hall–Kier alpha value is -0.800. The lowest BCUT2D eigenvalue weighted by Gasteiger charge is -2.39. The summed E-state index contributed by atoms with van der Waals surface area (Å²) in [4.78, 5) is 0. The van der Waals surface area contributed by atoms with Crippen molar-refractivity contribution < 1.29 is 9.59 Å². The van der Waals surface area contributed by atoms with E-state index in [9.17, 15) is 5.11 Å². The highest BCUT2D eigenvalue weighted by molar-refractivity contribution is 4.84. The summed E-state index contributed by atoms with van der Waals surface area (Å²) in [5.41, 5.74) is 0. The number of aliphatic hydroxyl groups is 1. The number of nitrogens with zero attached hydrogens (tertiary/aromatic N) is 1. The molecule has 0 radical (unpaired) electrons. The number of unbranched alkanes of at least 4 members (excludes halogenated alkanes) is 10. The molecule has 1 aliphatic heterocycles. The molecular formula is C23H45N2O+. The maximum absolute atomic E-state index is 10.2. The van der Waals surface area contributed by atoms with Gasteiger partial charge in [-0.3, -0.25) is 4.48 Å². The monoisotopic (exact) mass is 365 g/mol. The fourth-order valence-electron chi connectivity index (χ4n) is 4.07. The maximum Gasteiger partial charge on any atom is 0.193 e. The number of rotatable bonds is 16. The molecule has 152 valence electrons. The van der Waals surface area contributed by atoms with Crippen LogP contribution in [0, 0.1) is 0 Å². The van der Waals surface area contributed by atoms with Gasteiger partial charge in [-0.15, -0.1) is 0 Å². The highest BCUT2D eigenvalue weighted by atomic mass is 16.3. The molecule has 1 aliphatic rings. The molecule has 0 fully saturated rings. The van der Waals surface area contributed by atoms with E-state index in [4.69, 9.17) is 0 Å². The van der Waals surface area contributed by atoms with E-state index >= 15 is 0 Å². The molecule has 0 aliphatic carbocycles. The first kappa shape index (κ1) is 23.2. The van der Waals surface area contributed by atoms with E-state index in [2.05, 4.69) is 37.5 Å². The fraction of sp³-hybridized carbons (Fsp3) is 0.826. The van der Waals surface area contributed by atoms with Crippen LogP contribution in [-0.2, 0) is 0 Å². The molecule has 3 nitrogen and oxygen atoms in total. The molecule has 0 spiro atoms. The van der Waals surface area contributed by atoms with Gasteiger partial charge in [-0.2, -0.15) is 0 Å². The number of quaternary nitrogens is 1. The van der Waals surface area contributed by atoms with Crippen molar-refractivity contribution in [2.24, 2.45) is 0 Å². The van der Waals surface area contributed by atoms with Gasteiger partial charge < -0.3 is 10.4 Å². The highest BCUT2D eigenvalue weighted by Gasteiger charge is 2.40. The molecule has 0 bridgehead atoms. The molecule has 0 aromatic carbocycles. The summed E-state index contributed by atoms with van der Waals surface area (Å²) in [6.45, 7) is 7.29. The SMILES string of the molecule is CCCCCCC/C=C/CCCCCCCC1NC=C[N+]1(CC)C(C)O. The molecule has 0 amide bonds. The Labute approximate surface area is 163 Å². The predicted octanol–water partition coefficient (Wildman–Crippen LogP) is 6.21. The van der Waals surface area contributed by atoms with Crippen LogP contribution in [0.2, 0.25) is 0 Å². The molecular weight excluding hydrogens is 320 g/mol. The van der Waals surface area contributed by atoms with Crippen LogP contribution in [0.5, 0.6) is 0 Å². The summed E-state index contributed by atoms with van der Waals surface area (Å²) in [5.74, 6) is 0. The van der Waals surface area contributed by atoms with Crippen molar-refractivity contribution in [3.63, 3.8) is 0 Å². The summed E-state index contributed by atoms with van der Waals surface area (Å²) in [5, 5.41) is 13.6. The lowest BCUT2D eigenvalue weighted by molar-refractivity contribution is -0.942. The molecule has 3 heteroatoms. The van der Waals surface area contributed by atoms with Gasteiger partial charge in [0.05, 0.1) is 12.7 Å². The van der Waals surface area contributed by atoms with E-state index in [0.717, 1.165) is 13.0 Å². The minimum Gasteiger partial charge on any atom is -0.345 e. The van der Waals surface area contributed by atoms with Gasteiger partial charge in [-0.1, -0.05) is 64.0 Å². The third-order valence-corrected chi connectivity index (χ3v) is 5.95. The standard InChI is InChI=1S/C23H45N2O/c1-4-6-7-8-9-10-11-12-13-14-15-16-17-18-19-23-24-20-21-25(23,5-2)22(3)26/h11-12,20-24,26H,4-10,13-19H2,1-3H3/q+1/b12-11+. The van der Waals surface area contributed by atoms with E-state index in [-0.39, 0.29) is 6.23 Å². The second-order valence-corrected chi connectivity index (χ2v) is 7.96. The van der Waals surface area contributed by atoms with Gasteiger partial charge in [-0.05, 0) is 39.0 Å². The van der Waals surface area contributed by atoms with Gasteiger partial charge in [-0.25, -0.2) is 0 Å². The smallest absolute Gasteiger partial charge is 0.193 e. The van der Waals surface area contributed by atoms with Gasteiger partial charge in [0, 0.05) is 13.3 Å². The van der Waals surface area contributed by atoms with Crippen LogP contribution < -0.4 is 5.32 Å².